The summed E-state index contributed by atoms with van der Waals surface area (Å²) in [6.07, 6.45) is 1.87. The second kappa shape index (κ2) is 2.06. The smallest absolute Gasteiger partial charge is 0.0639 e. The molecule has 1 nitrogen and oxygen atoms in total. The van der Waals surface area contributed by atoms with E-state index in [0.29, 0.717) is 0 Å². The van der Waals surface area contributed by atoms with E-state index in [-0.39, 0.29) is 0 Å². The second-order valence-corrected chi connectivity index (χ2v) is 2.74. The molecule has 1 aliphatic rings. The molecule has 0 saturated carbocycles. The first-order valence-electron chi connectivity index (χ1n) is 3.62. The van der Waals surface area contributed by atoms with Crippen LogP contribution < -0.4 is 0 Å². The highest BCUT2D eigenvalue weighted by Gasteiger charge is 2.10. The number of hydrogen-bond donors (Lipinski definition) is 0. The zero-order valence-electron chi connectivity index (χ0n) is 6.46. The van der Waals surface area contributed by atoms with Crippen LogP contribution in [0.1, 0.15) is 16.7 Å². The summed E-state index contributed by atoms with van der Waals surface area (Å²) in [7, 11) is 0. The lowest BCUT2D eigenvalue weighted by Gasteiger charge is -2.01. The number of rotatable bonds is 0. The second-order valence-electron chi connectivity index (χ2n) is 2.74. The first-order chi connectivity index (χ1) is 5.29. The lowest BCUT2D eigenvalue weighted by Crippen LogP contribution is -1.86. The maximum Gasteiger partial charge on any atom is 0.0639 e. The molecule has 1 heteroatoms. The molecule has 0 radical (unpaired) electrons. The average Bonchev–Trinajstić information content (AvgIpc) is 2.34. The summed E-state index contributed by atoms with van der Waals surface area (Å²) in [4.78, 5) is 4.15. The van der Waals surface area contributed by atoms with Crippen LogP contribution in [-0.4, -0.2) is 6.21 Å². The Morgan fingerprint density at radius 1 is 1.36 bits per heavy atom. The molecular weight excluding hydrogens is 134 g/mol. The molecule has 0 atom stereocenters. The highest BCUT2D eigenvalue weighted by Crippen LogP contribution is 2.26. The highest BCUT2D eigenvalue weighted by molar-refractivity contribution is 5.97. The van der Waals surface area contributed by atoms with Crippen LogP contribution in [0.2, 0.25) is 0 Å². The molecule has 2 rings (SSSR count). The van der Waals surface area contributed by atoms with Gasteiger partial charge in [0.05, 0.1) is 5.70 Å². The van der Waals surface area contributed by atoms with Crippen molar-refractivity contribution in [3.05, 3.63) is 41.5 Å². The third-order valence-corrected chi connectivity index (χ3v) is 1.95. The lowest BCUT2D eigenvalue weighted by molar-refractivity contribution is 1.42. The van der Waals surface area contributed by atoms with Gasteiger partial charge in [0.15, 0.2) is 0 Å². The number of aliphatic imine (C=N–C) groups is 1. The number of nitrogens with zero attached hydrogens (tertiary/aromatic N) is 1. The van der Waals surface area contributed by atoms with Crippen LogP contribution in [0, 0.1) is 6.92 Å². The van der Waals surface area contributed by atoms with Gasteiger partial charge in [0.2, 0.25) is 0 Å². The first kappa shape index (κ1) is 6.35. The minimum Gasteiger partial charge on any atom is -0.256 e. The number of benzene rings is 1. The van der Waals surface area contributed by atoms with Crippen LogP contribution in [0.5, 0.6) is 0 Å². The van der Waals surface area contributed by atoms with Gasteiger partial charge in [0, 0.05) is 17.3 Å². The molecule has 54 valence electrons. The Morgan fingerprint density at radius 2 is 2.18 bits per heavy atom. The Kier molecular flexibility index (Phi) is 1.19. The van der Waals surface area contributed by atoms with E-state index in [1.807, 2.05) is 12.3 Å². The summed E-state index contributed by atoms with van der Waals surface area (Å²) in [5, 5.41) is 0. The number of hydrogen-bond acceptors (Lipinski definition) is 1. The molecule has 0 N–H and O–H groups in total. The molecule has 1 aromatic carbocycles. The van der Waals surface area contributed by atoms with Crippen LogP contribution in [0.15, 0.2) is 29.8 Å². The van der Waals surface area contributed by atoms with E-state index in [0.717, 1.165) is 5.70 Å². The van der Waals surface area contributed by atoms with E-state index in [9.17, 15) is 0 Å². The van der Waals surface area contributed by atoms with Gasteiger partial charge in [0.1, 0.15) is 0 Å². The Balaban J connectivity index is 2.74. The standard InChI is InChI=1S/C10H9N/c1-7-4-3-5-9-6-11-8(2)10(7)9/h3-6H,2H2,1H3. The van der Waals surface area contributed by atoms with Crippen LogP contribution in [-0.2, 0) is 0 Å². The number of fused-ring (bicyclic) bond motifs is 1. The molecule has 0 spiro atoms. The summed E-state index contributed by atoms with van der Waals surface area (Å²) in [5.41, 5.74) is 4.53. The molecule has 0 unspecified atom stereocenters. The Hall–Kier alpha value is -1.37. The van der Waals surface area contributed by atoms with Gasteiger partial charge in [0.25, 0.3) is 0 Å². The van der Waals surface area contributed by atoms with Gasteiger partial charge >= 0.3 is 0 Å². The van der Waals surface area contributed by atoms with Gasteiger partial charge in [-0.25, -0.2) is 0 Å². The SMILES string of the molecule is C=C1N=Cc2cccc(C)c21. The fraction of sp³-hybridized carbons (Fsp3) is 0.100. The van der Waals surface area contributed by atoms with Crippen LogP contribution in [0.4, 0.5) is 0 Å². The predicted octanol–water partition coefficient (Wildman–Crippen LogP) is 2.40. The fourth-order valence-electron chi connectivity index (χ4n) is 1.40. The van der Waals surface area contributed by atoms with E-state index in [2.05, 4.69) is 30.6 Å². The van der Waals surface area contributed by atoms with Crippen molar-refractivity contribution in [1.29, 1.82) is 0 Å². The van der Waals surface area contributed by atoms with Crippen LogP contribution in [0.25, 0.3) is 5.70 Å². The summed E-state index contributed by atoms with van der Waals surface area (Å²) >= 11 is 0. The molecule has 0 aromatic heterocycles. The van der Waals surface area contributed by atoms with Crippen molar-refractivity contribution in [3.63, 3.8) is 0 Å². The Morgan fingerprint density at radius 3 is 2.91 bits per heavy atom. The minimum absolute atomic E-state index is 0.887. The molecule has 1 aromatic rings. The van der Waals surface area contributed by atoms with Gasteiger partial charge < -0.3 is 0 Å². The predicted molar refractivity (Wildman–Crippen MR) is 47.8 cm³/mol. The lowest BCUT2D eigenvalue weighted by atomic mass is 10.0. The van der Waals surface area contributed by atoms with E-state index >= 15 is 0 Å². The minimum atomic E-state index is 0.887. The normalized spacial score (nSPS) is 13.7. The average molecular weight is 143 g/mol. The molecule has 0 aliphatic carbocycles. The van der Waals surface area contributed by atoms with Crippen molar-refractivity contribution in [2.45, 2.75) is 6.92 Å². The van der Waals surface area contributed by atoms with Crippen LogP contribution >= 0.6 is 0 Å². The molecule has 0 amide bonds. The molecule has 0 fully saturated rings. The molecule has 0 bridgehead atoms. The van der Waals surface area contributed by atoms with Crippen molar-refractivity contribution < 1.29 is 0 Å². The molecule has 1 heterocycles. The van der Waals surface area contributed by atoms with Gasteiger partial charge in [-0.15, -0.1) is 0 Å². The molecular formula is C10H9N. The zero-order valence-corrected chi connectivity index (χ0v) is 6.46. The highest BCUT2D eigenvalue weighted by atomic mass is 14.8. The summed E-state index contributed by atoms with van der Waals surface area (Å²) in [5.74, 6) is 0. The molecule has 1 aliphatic heterocycles. The first-order valence-corrected chi connectivity index (χ1v) is 3.62. The van der Waals surface area contributed by atoms with Gasteiger partial charge in [-0.3, -0.25) is 4.99 Å². The van der Waals surface area contributed by atoms with Crippen molar-refractivity contribution in [2.75, 3.05) is 0 Å². The van der Waals surface area contributed by atoms with Crippen molar-refractivity contribution in [1.82, 2.24) is 0 Å². The zero-order chi connectivity index (χ0) is 7.84. The van der Waals surface area contributed by atoms with E-state index in [1.165, 1.54) is 16.7 Å². The summed E-state index contributed by atoms with van der Waals surface area (Å²) in [6, 6.07) is 6.18. The Labute approximate surface area is 66.1 Å². The topological polar surface area (TPSA) is 12.4 Å². The van der Waals surface area contributed by atoms with Gasteiger partial charge in [-0.1, -0.05) is 24.8 Å². The molecule has 0 saturated heterocycles. The van der Waals surface area contributed by atoms with Crippen molar-refractivity contribution in [3.8, 4) is 0 Å². The van der Waals surface area contributed by atoms with Crippen LogP contribution in [0.3, 0.4) is 0 Å². The third kappa shape index (κ3) is 0.811. The van der Waals surface area contributed by atoms with Gasteiger partial charge in [-0.2, -0.15) is 0 Å². The fourth-order valence-corrected chi connectivity index (χ4v) is 1.40. The quantitative estimate of drug-likeness (QED) is 0.528. The van der Waals surface area contributed by atoms with E-state index in [1.54, 1.807) is 0 Å². The Bertz CT molecular complexity index is 348. The largest absolute Gasteiger partial charge is 0.256 e. The number of aryl methyl sites for hydroxylation is 1. The van der Waals surface area contributed by atoms with Gasteiger partial charge in [-0.05, 0) is 12.5 Å². The third-order valence-electron chi connectivity index (χ3n) is 1.95. The summed E-state index contributed by atoms with van der Waals surface area (Å²) < 4.78 is 0. The monoisotopic (exact) mass is 143 g/mol. The summed E-state index contributed by atoms with van der Waals surface area (Å²) in [6.45, 7) is 5.94. The molecule has 11 heavy (non-hydrogen) atoms. The van der Waals surface area contributed by atoms with E-state index in [4.69, 9.17) is 0 Å². The maximum absolute atomic E-state index is 4.15. The van der Waals surface area contributed by atoms with E-state index < -0.39 is 0 Å². The van der Waals surface area contributed by atoms with Crippen molar-refractivity contribution in [2.24, 2.45) is 4.99 Å². The van der Waals surface area contributed by atoms with Crippen molar-refractivity contribution >= 4 is 11.9 Å². The maximum atomic E-state index is 4.15.